The van der Waals surface area contributed by atoms with Gasteiger partial charge in [0, 0.05) is 19.1 Å². The Morgan fingerprint density at radius 3 is 2.59 bits per heavy atom. The van der Waals surface area contributed by atoms with Gasteiger partial charge in [-0.2, -0.15) is 0 Å². The molecule has 2 heterocycles. The molecule has 0 radical (unpaired) electrons. The molecule has 1 aliphatic heterocycles. The van der Waals surface area contributed by atoms with E-state index in [-0.39, 0.29) is 11.3 Å². The summed E-state index contributed by atoms with van der Waals surface area (Å²) < 4.78 is 12.2. The normalized spacial score (nSPS) is 16.1. The van der Waals surface area contributed by atoms with Gasteiger partial charge in [0.05, 0.1) is 25.1 Å². The predicted molar refractivity (Wildman–Crippen MR) is 101 cm³/mol. The molecule has 146 valence electrons. The third-order valence-electron chi connectivity index (χ3n) is 5.17. The van der Waals surface area contributed by atoms with Crippen molar-refractivity contribution < 1.29 is 14.3 Å². The van der Waals surface area contributed by atoms with E-state index in [1.165, 1.54) is 0 Å². The summed E-state index contributed by atoms with van der Waals surface area (Å²) in [4.78, 5) is 12.7. The highest BCUT2D eigenvalue weighted by atomic mass is 16.5. The topological polar surface area (TPSA) is 90.3 Å². The first kappa shape index (κ1) is 19.3. The van der Waals surface area contributed by atoms with Gasteiger partial charge in [-0.05, 0) is 57.1 Å². The van der Waals surface area contributed by atoms with E-state index in [2.05, 4.69) is 20.9 Å². The summed E-state index contributed by atoms with van der Waals surface area (Å²) >= 11 is 0. The number of nitrogens with zero attached hydrogens (tertiary/aromatic N) is 3. The smallest absolute Gasteiger partial charge is 0.273 e. The van der Waals surface area contributed by atoms with Crippen molar-refractivity contribution in [3.63, 3.8) is 0 Å². The van der Waals surface area contributed by atoms with Crippen molar-refractivity contribution in [2.45, 2.75) is 19.8 Å². The number of rotatable bonds is 7. The summed E-state index contributed by atoms with van der Waals surface area (Å²) in [5, 5.41) is 14.6. The fourth-order valence-electron chi connectivity index (χ4n) is 3.49. The monoisotopic (exact) mass is 373 g/mol. The first-order valence-electron chi connectivity index (χ1n) is 9.13. The average Bonchev–Trinajstić information content (AvgIpc) is 3.09. The molecule has 1 saturated heterocycles. The molecule has 0 atom stereocenters. The van der Waals surface area contributed by atoms with Gasteiger partial charge in [0.15, 0.2) is 5.69 Å². The number of ether oxygens (including phenoxy) is 2. The second-order valence-corrected chi connectivity index (χ2v) is 7.00. The van der Waals surface area contributed by atoms with E-state index in [4.69, 9.17) is 9.47 Å². The van der Waals surface area contributed by atoms with Gasteiger partial charge in [-0.25, -0.2) is 4.68 Å². The zero-order chi connectivity index (χ0) is 19.3. The Hall–Kier alpha value is -2.45. The van der Waals surface area contributed by atoms with Gasteiger partial charge in [0.25, 0.3) is 5.91 Å². The maximum absolute atomic E-state index is 12.7. The second-order valence-electron chi connectivity index (χ2n) is 7.00. The lowest BCUT2D eigenvalue weighted by Gasteiger charge is -2.37. The largest absolute Gasteiger partial charge is 0.497 e. The molecule has 1 aromatic heterocycles. The number of nitrogens with one attached hydrogen (secondary N) is 2. The Labute approximate surface area is 159 Å². The van der Waals surface area contributed by atoms with Crippen molar-refractivity contribution in [3.8, 4) is 11.4 Å². The van der Waals surface area contributed by atoms with Crippen LogP contribution >= 0.6 is 0 Å². The summed E-state index contributed by atoms with van der Waals surface area (Å²) in [6.07, 6.45) is 1.94. The molecule has 1 aliphatic rings. The van der Waals surface area contributed by atoms with Gasteiger partial charge in [-0.15, -0.1) is 5.10 Å². The number of hydrogen-bond acceptors (Lipinski definition) is 6. The number of carbonyl (C=O) groups is 1. The number of benzene rings is 1. The molecule has 0 spiro atoms. The van der Waals surface area contributed by atoms with Crippen molar-refractivity contribution in [3.05, 3.63) is 35.7 Å². The molecular formula is C19H27N5O3. The Balaban J connectivity index is 1.70. The molecule has 2 aromatic rings. The zero-order valence-electron chi connectivity index (χ0n) is 16.1. The van der Waals surface area contributed by atoms with E-state index in [0.29, 0.717) is 24.5 Å². The van der Waals surface area contributed by atoms with Crippen LogP contribution in [0.15, 0.2) is 24.3 Å². The summed E-state index contributed by atoms with van der Waals surface area (Å²) in [6.45, 7) is 4.91. The molecule has 27 heavy (non-hydrogen) atoms. The molecule has 8 heteroatoms. The summed E-state index contributed by atoms with van der Waals surface area (Å²) in [5.74, 6) is 0.557. The van der Waals surface area contributed by atoms with E-state index >= 15 is 0 Å². The van der Waals surface area contributed by atoms with Crippen LogP contribution in [0.4, 0.5) is 0 Å². The fraction of sp³-hybridized carbons (Fsp3) is 0.526. The molecule has 1 amide bonds. The van der Waals surface area contributed by atoms with Crippen molar-refractivity contribution in [1.29, 1.82) is 0 Å². The van der Waals surface area contributed by atoms with Crippen LogP contribution < -0.4 is 15.4 Å². The zero-order valence-corrected chi connectivity index (χ0v) is 16.1. The lowest BCUT2D eigenvalue weighted by molar-refractivity contribution is 0.0510. The standard InChI is InChI=1S/C19H27N5O3/c1-14-17(22-23-24(14)15-4-6-16(27-3)7-5-15)18(25)21-12-19(13-26-2)8-10-20-11-9-19/h4-7,20H,8-13H2,1-3H3,(H,21,25). The average molecular weight is 373 g/mol. The van der Waals surface area contributed by atoms with Gasteiger partial charge in [0.1, 0.15) is 5.75 Å². The molecule has 0 aliphatic carbocycles. The van der Waals surface area contributed by atoms with E-state index < -0.39 is 0 Å². The third-order valence-corrected chi connectivity index (χ3v) is 5.17. The number of piperidine rings is 1. The number of carbonyl (C=O) groups excluding carboxylic acids is 1. The molecule has 0 unspecified atom stereocenters. The fourth-order valence-corrected chi connectivity index (χ4v) is 3.49. The Morgan fingerprint density at radius 1 is 1.26 bits per heavy atom. The molecule has 0 bridgehead atoms. The molecule has 8 nitrogen and oxygen atoms in total. The van der Waals surface area contributed by atoms with Gasteiger partial charge in [0.2, 0.25) is 0 Å². The van der Waals surface area contributed by atoms with Crippen molar-refractivity contribution >= 4 is 5.91 Å². The van der Waals surface area contributed by atoms with Gasteiger partial charge < -0.3 is 20.1 Å². The Bertz CT molecular complexity index is 761. The van der Waals surface area contributed by atoms with Crippen molar-refractivity contribution in [1.82, 2.24) is 25.6 Å². The first-order chi connectivity index (χ1) is 13.1. The van der Waals surface area contributed by atoms with E-state index in [1.54, 1.807) is 18.9 Å². The Morgan fingerprint density at radius 2 is 1.96 bits per heavy atom. The van der Waals surface area contributed by atoms with Crippen molar-refractivity contribution in [2.75, 3.05) is 40.5 Å². The molecule has 2 N–H and O–H groups in total. The summed E-state index contributed by atoms with van der Waals surface area (Å²) in [5.41, 5.74) is 1.83. The molecule has 1 aromatic carbocycles. The number of methoxy groups -OCH3 is 2. The lowest BCUT2D eigenvalue weighted by Crippen LogP contribution is -2.47. The van der Waals surface area contributed by atoms with E-state index in [0.717, 1.165) is 37.4 Å². The van der Waals surface area contributed by atoms with Gasteiger partial charge in [-0.1, -0.05) is 5.21 Å². The van der Waals surface area contributed by atoms with Crippen LogP contribution in [0, 0.1) is 12.3 Å². The van der Waals surface area contributed by atoms with Gasteiger partial charge in [-0.3, -0.25) is 4.79 Å². The molecular weight excluding hydrogens is 346 g/mol. The third kappa shape index (κ3) is 4.28. The highest BCUT2D eigenvalue weighted by Gasteiger charge is 2.33. The molecule has 0 saturated carbocycles. The van der Waals surface area contributed by atoms with Crippen molar-refractivity contribution in [2.24, 2.45) is 5.41 Å². The maximum atomic E-state index is 12.7. The van der Waals surface area contributed by atoms with Crippen LogP contribution in [0.25, 0.3) is 5.69 Å². The number of amides is 1. The minimum atomic E-state index is -0.207. The summed E-state index contributed by atoms with van der Waals surface area (Å²) in [7, 11) is 3.33. The molecule has 1 fully saturated rings. The predicted octanol–water partition coefficient (Wildman–Crippen LogP) is 1.33. The van der Waals surface area contributed by atoms with Crippen LogP contribution in [0.2, 0.25) is 0 Å². The summed E-state index contributed by atoms with van der Waals surface area (Å²) in [6, 6.07) is 7.46. The highest BCUT2D eigenvalue weighted by Crippen LogP contribution is 2.28. The van der Waals surface area contributed by atoms with E-state index in [1.807, 2.05) is 31.2 Å². The lowest BCUT2D eigenvalue weighted by atomic mass is 9.79. The number of aromatic nitrogens is 3. The van der Waals surface area contributed by atoms with Crippen LogP contribution in [0.3, 0.4) is 0 Å². The minimum Gasteiger partial charge on any atom is -0.497 e. The SMILES string of the molecule is COCC1(CNC(=O)c2nnn(-c3ccc(OC)cc3)c2C)CCNCC1. The Kier molecular flexibility index (Phi) is 6.08. The molecule has 3 rings (SSSR count). The van der Waals surface area contributed by atoms with Crippen LogP contribution in [-0.4, -0.2) is 61.4 Å². The maximum Gasteiger partial charge on any atom is 0.273 e. The number of hydrogen-bond donors (Lipinski definition) is 2. The first-order valence-corrected chi connectivity index (χ1v) is 9.13. The van der Waals surface area contributed by atoms with Crippen LogP contribution in [0.1, 0.15) is 29.0 Å². The highest BCUT2D eigenvalue weighted by molar-refractivity contribution is 5.93. The quantitative estimate of drug-likeness (QED) is 0.761. The minimum absolute atomic E-state index is 0.0322. The van der Waals surface area contributed by atoms with E-state index in [9.17, 15) is 4.79 Å². The van der Waals surface area contributed by atoms with Crippen LogP contribution in [0.5, 0.6) is 5.75 Å². The second kappa shape index (κ2) is 8.49. The van der Waals surface area contributed by atoms with Crippen LogP contribution in [-0.2, 0) is 4.74 Å². The van der Waals surface area contributed by atoms with Gasteiger partial charge >= 0.3 is 0 Å².